The van der Waals surface area contributed by atoms with Crippen LogP contribution >= 0.6 is 22.7 Å². The molecule has 0 radical (unpaired) electrons. The minimum Gasteiger partial charge on any atom is -0.307 e. The van der Waals surface area contributed by atoms with Gasteiger partial charge in [-0.15, -0.1) is 11.3 Å². The average molecular weight is 247 g/mol. The second-order valence-electron chi connectivity index (χ2n) is 3.41. The van der Waals surface area contributed by atoms with Crippen LogP contribution in [0.2, 0.25) is 0 Å². The maximum absolute atomic E-state index is 4.49. The van der Waals surface area contributed by atoms with Gasteiger partial charge < -0.3 is 5.32 Å². The standard InChI is InChI=1S/C11H9N3S2/c1-7-6-15-10(12-7)14-11-13-8-4-2-3-5-9(8)16-11/h2-6H,1H3,(H,12,13,14). The lowest BCUT2D eigenvalue weighted by molar-refractivity contribution is 1.26. The molecule has 0 bridgehead atoms. The largest absolute Gasteiger partial charge is 0.307 e. The Morgan fingerprint density at radius 3 is 2.75 bits per heavy atom. The van der Waals surface area contributed by atoms with Gasteiger partial charge in [-0.2, -0.15) is 0 Å². The van der Waals surface area contributed by atoms with Gasteiger partial charge in [-0.05, 0) is 19.1 Å². The van der Waals surface area contributed by atoms with E-state index in [-0.39, 0.29) is 0 Å². The van der Waals surface area contributed by atoms with Crippen LogP contribution in [0.4, 0.5) is 10.3 Å². The maximum Gasteiger partial charge on any atom is 0.190 e. The minimum absolute atomic E-state index is 0.899. The molecule has 1 aromatic carbocycles. The zero-order valence-electron chi connectivity index (χ0n) is 8.60. The number of aryl methyl sites for hydroxylation is 1. The van der Waals surface area contributed by atoms with E-state index in [2.05, 4.69) is 21.4 Å². The Hall–Kier alpha value is -1.46. The molecule has 0 aliphatic carbocycles. The molecule has 0 spiro atoms. The van der Waals surface area contributed by atoms with Gasteiger partial charge in [-0.25, -0.2) is 9.97 Å². The van der Waals surface area contributed by atoms with E-state index in [1.54, 1.807) is 22.7 Å². The molecular formula is C11H9N3S2. The van der Waals surface area contributed by atoms with E-state index in [1.165, 1.54) is 4.70 Å². The van der Waals surface area contributed by atoms with Crippen LogP contribution in [0.15, 0.2) is 29.6 Å². The summed E-state index contributed by atoms with van der Waals surface area (Å²) in [4.78, 5) is 8.84. The summed E-state index contributed by atoms with van der Waals surface area (Å²) in [6.07, 6.45) is 0. The fraction of sp³-hybridized carbons (Fsp3) is 0.0909. The lowest BCUT2D eigenvalue weighted by atomic mass is 10.3. The molecular weight excluding hydrogens is 238 g/mol. The summed E-state index contributed by atoms with van der Waals surface area (Å²) in [7, 11) is 0. The van der Waals surface area contributed by atoms with Crippen LogP contribution in [0.5, 0.6) is 0 Å². The van der Waals surface area contributed by atoms with Gasteiger partial charge >= 0.3 is 0 Å². The Morgan fingerprint density at radius 1 is 1.12 bits per heavy atom. The van der Waals surface area contributed by atoms with Crippen LogP contribution in [-0.4, -0.2) is 9.97 Å². The first-order valence-electron chi connectivity index (χ1n) is 4.86. The summed E-state index contributed by atoms with van der Waals surface area (Å²) in [5, 5.41) is 7.05. The van der Waals surface area contributed by atoms with Crippen molar-refractivity contribution in [2.75, 3.05) is 5.32 Å². The van der Waals surface area contributed by atoms with Crippen molar-refractivity contribution in [1.29, 1.82) is 0 Å². The molecule has 3 aromatic rings. The van der Waals surface area contributed by atoms with Crippen molar-refractivity contribution >= 4 is 43.2 Å². The molecule has 0 saturated carbocycles. The average Bonchev–Trinajstić information content (AvgIpc) is 2.84. The summed E-state index contributed by atoms with van der Waals surface area (Å²) in [6.45, 7) is 1.99. The number of fused-ring (bicyclic) bond motifs is 1. The number of rotatable bonds is 2. The van der Waals surface area contributed by atoms with Gasteiger partial charge in [-0.1, -0.05) is 23.5 Å². The Kier molecular flexibility index (Phi) is 2.34. The smallest absolute Gasteiger partial charge is 0.190 e. The normalized spacial score (nSPS) is 10.8. The van der Waals surface area contributed by atoms with Crippen molar-refractivity contribution in [3.63, 3.8) is 0 Å². The highest BCUT2D eigenvalue weighted by molar-refractivity contribution is 7.22. The van der Waals surface area contributed by atoms with Gasteiger partial charge in [0.2, 0.25) is 0 Å². The van der Waals surface area contributed by atoms with Gasteiger partial charge in [0.1, 0.15) is 0 Å². The molecule has 2 aromatic heterocycles. The SMILES string of the molecule is Cc1csc(Nc2nc3ccccc3s2)n1. The fourth-order valence-corrected chi connectivity index (χ4v) is 3.05. The second-order valence-corrected chi connectivity index (χ2v) is 5.29. The van der Waals surface area contributed by atoms with E-state index in [0.717, 1.165) is 21.5 Å². The minimum atomic E-state index is 0.899. The highest BCUT2D eigenvalue weighted by Gasteiger charge is 2.04. The van der Waals surface area contributed by atoms with Gasteiger partial charge in [0, 0.05) is 5.38 Å². The first-order chi connectivity index (χ1) is 7.81. The lowest BCUT2D eigenvalue weighted by Gasteiger charge is -1.93. The third-order valence-electron chi connectivity index (χ3n) is 2.13. The predicted molar refractivity (Wildman–Crippen MR) is 69.8 cm³/mol. The van der Waals surface area contributed by atoms with Crippen molar-refractivity contribution in [2.45, 2.75) is 6.92 Å². The van der Waals surface area contributed by atoms with Crippen LogP contribution in [0.3, 0.4) is 0 Å². The highest BCUT2D eigenvalue weighted by atomic mass is 32.1. The Labute approximate surface area is 101 Å². The topological polar surface area (TPSA) is 37.8 Å². The Morgan fingerprint density at radius 2 is 2.00 bits per heavy atom. The first-order valence-corrected chi connectivity index (χ1v) is 6.55. The van der Waals surface area contributed by atoms with Crippen molar-refractivity contribution < 1.29 is 0 Å². The molecule has 1 N–H and O–H groups in total. The Balaban J connectivity index is 1.95. The van der Waals surface area contributed by atoms with Crippen molar-refractivity contribution in [2.24, 2.45) is 0 Å². The molecule has 3 rings (SSSR count). The van der Waals surface area contributed by atoms with Crippen molar-refractivity contribution in [3.05, 3.63) is 35.3 Å². The molecule has 0 atom stereocenters. The summed E-state index contributed by atoms with van der Waals surface area (Å²) >= 11 is 3.24. The first kappa shape index (κ1) is 9.74. The van der Waals surface area contributed by atoms with Crippen molar-refractivity contribution in [3.8, 4) is 0 Å². The summed E-state index contributed by atoms with van der Waals surface area (Å²) in [5.41, 5.74) is 2.07. The molecule has 5 heteroatoms. The third kappa shape index (κ3) is 1.79. The zero-order valence-corrected chi connectivity index (χ0v) is 10.2. The number of hydrogen-bond donors (Lipinski definition) is 1. The number of thiazole rings is 2. The van der Waals surface area contributed by atoms with E-state index in [4.69, 9.17) is 0 Å². The molecule has 0 aliphatic heterocycles. The molecule has 16 heavy (non-hydrogen) atoms. The monoisotopic (exact) mass is 247 g/mol. The molecule has 0 aliphatic rings. The lowest BCUT2D eigenvalue weighted by Crippen LogP contribution is -1.87. The van der Waals surface area contributed by atoms with Gasteiger partial charge in [0.25, 0.3) is 0 Å². The molecule has 0 amide bonds. The van der Waals surface area contributed by atoms with Crippen LogP contribution in [-0.2, 0) is 0 Å². The molecule has 0 fully saturated rings. The van der Waals surface area contributed by atoms with Crippen LogP contribution in [0.1, 0.15) is 5.69 Å². The van der Waals surface area contributed by atoms with E-state index in [0.29, 0.717) is 0 Å². The fourth-order valence-electron chi connectivity index (χ4n) is 1.43. The van der Waals surface area contributed by atoms with E-state index in [1.807, 2.05) is 30.5 Å². The van der Waals surface area contributed by atoms with Crippen LogP contribution < -0.4 is 5.32 Å². The van der Waals surface area contributed by atoms with Crippen LogP contribution in [0.25, 0.3) is 10.2 Å². The molecule has 80 valence electrons. The predicted octanol–water partition coefficient (Wildman–Crippen LogP) is 3.80. The van der Waals surface area contributed by atoms with E-state index >= 15 is 0 Å². The third-order valence-corrected chi connectivity index (χ3v) is 3.95. The molecule has 0 unspecified atom stereocenters. The molecule has 3 nitrogen and oxygen atoms in total. The number of hydrogen-bond acceptors (Lipinski definition) is 5. The summed E-state index contributed by atoms with van der Waals surface area (Å²) in [5.74, 6) is 0. The number of nitrogens with zero attached hydrogens (tertiary/aromatic N) is 2. The van der Waals surface area contributed by atoms with Crippen molar-refractivity contribution in [1.82, 2.24) is 9.97 Å². The molecule has 0 saturated heterocycles. The number of anilines is 2. The molecule has 2 heterocycles. The Bertz CT molecular complexity index is 594. The second kappa shape index (κ2) is 3.84. The van der Waals surface area contributed by atoms with E-state index < -0.39 is 0 Å². The van der Waals surface area contributed by atoms with Crippen LogP contribution in [0, 0.1) is 6.92 Å². The number of nitrogens with one attached hydrogen (secondary N) is 1. The maximum atomic E-state index is 4.49. The summed E-state index contributed by atoms with van der Waals surface area (Å²) < 4.78 is 1.19. The van der Waals surface area contributed by atoms with Gasteiger partial charge in [0.05, 0.1) is 15.9 Å². The summed E-state index contributed by atoms with van der Waals surface area (Å²) in [6, 6.07) is 8.12. The zero-order chi connectivity index (χ0) is 11.0. The quantitative estimate of drug-likeness (QED) is 0.748. The highest BCUT2D eigenvalue weighted by Crippen LogP contribution is 2.28. The van der Waals surface area contributed by atoms with Gasteiger partial charge in [-0.3, -0.25) is 0 Å². The number of benzene rings is 1. The van der Waals surface area contributed by atoms with E-state index in [9.17, 15) is 0 Å². The van der Waals surface area contributed by atoms with Gasteiger partial charge in [0.15, 0.2) is 10.3 Å². The number of aromatic nitrogens is 2. The number of para-hydroxylation sites is 1.